The second-order valence-corrected chi connectivity index (χ2v) is 6.50. The van der Waals surface area contributed by atoms with Gasteiger partial charge in [0.15, 0.2) is 11.5 Å². The number of carboxylic acids is 1. The van der Waals surface area contributed by atoms with Crippen molar-refractivity contribution in [2.24, 2.45) is 0 Å². The molecule has 1 aromatic rings. The molecule has 0 radical (unpaired) electrons. The van der Waals surface area contributed by atoms with Crippen molar-refractivity contribution in [1.29, 1.82) is 0 Å². The van der Waals surface area contributed by atoms with Crippen molar-refractivity contribution >= 4 is 21.9 Å². The Labute approximate surface area is 132 Å². The van der Waals surface area contributed by atoms with Gasteiger partial charge in [-0.15, -0.1) is 0 Å². The van der Waals surface area contributed by atoms with Gasteiger partial charge in [0.1, 0.15) is 6.61 Å². The summed E-state index contributed by atoms with van der Waals surface area (Å²) in [5.74, 6) is -0.128. The molecule has 1 saturated heterocycles. The Kier molecular flexibility index (Phi) is 4.78. The molecule has 116 valence electrons. The average molecular weight is 359 g/mol. The fourth-order valence-corrected chi connectivity index (χ4v) is 2.91. The van der Waals surface area contributed by atoms with Gasteiger partial charge in [0.2, 0.25) is 0 Å². The predicted molar refractivity (Wildman–Crippen MR) is 81.3 cm³/mol. The van der Waals surface area contributed by atoms with E-state index in [-0.39, 0.29) is 17.3 Å². The van der Waals surface area contributed by atoms with E-state index in [1.807, 2.05) is 0 Å². The molecule has 0 saturated carbocycles. The average Bonchev–Trinajstić information content (AvgIpc) is 2.75. The van der Waals surface area contributed by atoms with Crippen LogP contribution in [0.5, 0.6) is 11.5 Å². The molecule has 5 nitrogen and oxygen atoms in total. The van der Waals surface area contributed by atoms with Crippen LogP contribution in [0.15, 0.2) is 16.6 Å². The molecular formula is C15H19BrO5. The van der Waals surface area contributed by atoms with Crippen LogP contribution in [0.2, 0.25) is 0 Å². The van der Waals surface area contributed by atoms with Crippen LogP contribution >= 0.6 is 15.9 Å². The van der Waals surface area contributed by atoms with Gasteiger partial charge in [0.05, 0.1) is 28.9 Å². The van der Waals surface area contributed by atoms with Crippen LogP contribution in [0.1, 0.15) is 37.0 Å². The number of carbonyl (C=O) groups is 1. The molecule has 21 heavy (non-hydrogen) atoms. The standard InChI is InChI=1S/C15H19BrO5/c1-15(2)5-4-10(21-15)8-20-13-11(16)6-9(14(17)18)7-12(13)19-3/h6-7,10H,4-5,8H2,1-3H3,(H,17,18). The molecule has 6 heteroatoms. The van der Waals surface area contributed by atoms with Crippen LogP contribution in [-0.2, 0) is 4.74 Å². The first-order valence-electron chi connectivity index (χ1n) is 6.74. The zero-order valence-corrected chi connectivity index (χ0v) is 13.9. The van der Waals surface area contributed by atoms with Gasteiger partial charge in [-0.05, 0) is 54.8 Å². The molecule has 2 rings (SSSR count). The highest BCUT2D eigenvalue weighted by molar-refractivity contribution is 9.10. The van der Waals surface area contributed by atoms with Gasteiger partial charge >= 0.3 is 5.97 Å². The molecular weight excluding hydrogens is 340 g/mol. The molecule has 0 spiro atoms. The number of aromatic carboxylic acids is 1. The van der Waals surface area contributed by atoms with E-state index in [9.17, 15) is 4.79 Å². The number of hydrogen-bond donors (Lipinski definition) is 1. The van der Waals surface area contributed by atoms with E-state index in [1.165, 1.54) is 19.2 Å². The predicted octanol–water partition coefficient (Wildman–Crippen LogP) is 3.49. The summed E-state index contributed by atoms with van der Waals surface area (Å²) in [5, 5.41) is 9.04. The Bertz CT molecular complexity index is 541. The molecule has 1 atom stereocenters. The van der Waals surface area contributed by atoms with E-state index in [2.05, 4.69) is 29.8 Å². The molecule has 1 aromatic carbocycles. The number of carboxylic acid groups (broad SMARTS) is 1. The third-order valence-corrected chi connectivity index (χ3v) is 4.03. The Morgan fingerprint density at radius 2 is 2.24 bits per heavy atom. The first-order valence-corrected chi connectivity index (χ1v) is 7.53. The summed E-state index contributed by atoms with van der Waals surface area (Å²) in [6.45, 7) is 4.53. The summed E-state index contributed by atoms with van der Waals surface area (Å²) in [6.07, 6.45) is 1.98. The maximum Gasteiger partial charge on any atom is 0.335 e. The largest absolute Gasteiger partial charge is 0.493 e. The molecule has 1 aliphatic rings. The lowest BCUT2D eigenvalue weighted by Crippen LogP contribution is -2.24. The summed E-state index contributed by atoms with van der Waals surface area (Å²) < 4.78 is 17.4. The van der Waals surface area contributed by atoms with Crippen molar-refractivity contribution in [3.8, 4) is 11.5 Å². The molecule has 1 fully saturated rings. The van der Waals surface area contributed by atoms with Crippen LogP contribution in [-0.4, -0.2) is 36.5 Å². The van der Waals surface area contributed by atoms with Crippen molar-refractivity contribution in [2.75, 3.05) is 13.7 Å². The first kappa shape index (κ1) is 16.1. The third kappa shape index (κ3) is 3.89. The highest BCUT2D eigenvalue weighted by Crippen LogP contribution is 2.38. The normalized spacial score (nSPS) is 20.3. The molecule has 0 aliphatic carbocycles. The SMILES string of the molecule is COc1cc(C(=O)O)cc(Br)c1OCC1CCC(C)(C)O1. The quantitative estimate of drug-likeness (QED) is 0.872. The van der Waals surface area contributed by atoms with Gasteiger partial charge in [-0.2, -0.15) is 0 Å². The second-order valence-electron chi connectivity index (χ2n) is 5.64. The number of hydrogen-bond acceptors (Lipinski definition) is 4. The molecule has 1 heterocycles. The summed E-state index contributed by atoms with van der Waals surface area (Å²) in [5.41, 5.74) is 0.0343. The van der Waals surface area contributed by atoms with Crippen LogP contribution < -0.4 is 9.47 Å². The van der Waals surface area contributed by atoms with Gasteiger partial charge in [-0.25, -0.2) is 4.79 Å². The third-order valence-electron chi connectivity index (χ3n) is 3.44. The van der Waals surface area contributed by atoms with Gasteiger partial charge in [-0.3, -0.25) is 0 Å². The Balaban J connectivity index is 2.11. The number of benzene rings is 1. The summed E-state index contributed by atoms with van der Waals surface area (Å²) in [4.78, 5) is 11.0. The van der Waals surface area contributed by atoms with Gasteiger partial charge in [0.25, 0.3) is 0 Å². The number of methoxy groups -OCH3 is 1. The van der Waals surface area contributed by atoms with Gasteiger partial charge in [0, 0.05) is 0 Å². The maximum absolute atomic E-state index is 11.0. The van der Waals surface area contributed by atoms with Crippen LogP contribution in [0, 0.1) is 0 Å². The van der Waals surface area contributed by atoms with Crippen LogP contribution in [0.4, 0.5) is 0 Å². The van der Waals surface area contributed by atoms with E-state index < -0.39 is 5.97 Å². The molecule has 0 amide bonds. The molecule has 1 N–H and O–H groups in total. The number of halogens is 1. The minimum Gasteiger partial charge on any atom is -0.493 e. The van der Waals surface area contributed by atoms with Crippen molar-refractivity contribution in [3.05, 3.63) is 22.2 Å². The van der Waals surface area contributed by atoms with E-state index in [0.29, 0.717) is 22.6 Å². The summed E-state index contributed by atoms with van der Waals surface area (Å²) >= 11 is 3.33. The lowest BCUT2D eigenvalue weighted by Gasteiger charge is -2.20. The maximum atomic E-state index is 11.0. The fraction of sp³-hybridized carbons (Fsp3) is 0.533. The zero-order chi connectivity index (χ0) is 15.6. The Morgan fingerprint density at radius 1 is 1.52 bits per heavy atom. The highest BCUT2D eigenvalue weighted by atomic mass is 79.9. The van der Waals surface area contributed by atoms with Gasteiger partial charge < -0.3 is 19.3 Å². The molecule has 0 aromatic heterocycles. The number of ether oxygens (including phenoxy) is 3. The Hall–Kier alpha value is -1.27. The monoisotopic (exact) mass is 358 g/mol. The van der Waals surface area contributed by atoms with Crippen molar-refractivity contribution < 1.29 is 24.1 Å². The molecule has 1 aliphatic heterocycles. The first-order chi connectivity index (χ1) is 9.82. The highest BCUT2D eigenvalue weighted by Gasteiger charge is 2.32. The molecule has 0 bridgehead atoms. The lowest BCUT2D eigenvalue weighted by molar-refractivity contribution is -0.0330. The fourth-order valence-electron chi connectivity index (χ4n) is 2.35. The van der Waals surface area contributed by atoms with Crippen molar-refractivity contribution in [3.63, 3.8) is 0 Å². The zero-order valence-electron chi connectivity index (χ0n) is 12.3. The summed E-state index contributed by atoms with van der Waals surface area (Å²) in [7, 11) is 1.48. The van der Waals surface area contributed by atoms with E-state index in [4.69, 9.17) is 19.3 Å². The van der Waals surface area contributed by atoms with E-state index >= 15 is 0 Å². The van der Waals surface area contributed by atoms with E-state index in [1.54, 1.807) is 0 Å². The topological polar surface area (TPSA) is 65.0 Å². The lowest BCUT2D eigenvalue weighted by atomic mass is 10.1. The number of rotatable bonds is 5. The minimum absolute atomic E-state index is 0.0377. The molecule has 1 unspecified atom stereocenters. The van der Waals surface area contributed by atoms with Crippen LogP contribution in [0.25, 0.3) is 0 Å². The second kappa shape index (κ2) is 6.23. The van der Waals surface area contributed by atoms with Gasteiger partial charge in [-0.1, -0.05) is 0 Å². The van der Waals surface area contributed by atoms with Crippen molar-refractivity contribution in [1.82, 2.24) is 0 Å². The van der Waals surface area contributed by atoms with Crippen LogP contribution in [0.3, 0.4) is 0 Å². The Morgan fingerprint density at radius 3 is 2.76 bits per heavy atom. The minimum atomic E-state index is -1.01. The summed E-state index contributed by atoms with van der Waals surface area (Å²) in [6, 6.07) is 2.95. The van der Waals surface area contributed by atoms with E-state index in [0.717, 1.165) is 12.8 Å². The smallest absolute Gasteiger partial charge is 0.335 e. The van der Waals surface area contributed by atoms with Crippen molar-refractivity contribution in [2.45, 2.75) is 38.4 Å².